The maximum absolute atomic E-state index is 12.9. The molecule has 2 rings (SSSR count). The first-order valence-corrected chi connectivity index (χ1v) is 10.7. The fourth-order valence-electron chi connectivity index (χ4n) is 3.52. The average Bonchev–Trinajstić information content (AvgIpc) is 2.60. The Morgan fingerprint density at radius 3 is 2.22 bits per heavy atom. The number of hydrogen-bond acceptors (Lipinski definition) is 4. The second-order valence-electron chi connectivity index (χ2n) is 7.45. The van der Waals surface area contributed by atoms with Crippen molar-refractivity contribution in [2.24, 2.45) is 11.8 Å². The van der Waals surface area contributed by atoms with Crippen molar-refractivity contribution >= 4 is 21.9 Å². The molecule has 1 heterocycles. The zero-order valence-corrected chi connectivity index (χ0v) is 16.8. The van der Waals surface area contributed by atoms with Crippen LogP contribution in [0.3, 0.4) is 0 Å². The van der Waals surface area contributed by atoms with Crippen molar-refractivity contribution in [1.29, 1.82) is 0 Å². The van der Waals surface area contributed by atoms with Crippen LogP contribution in [-0.4, -0.2) is 48.8 Å². The van der Waals surface area contributed by atoms with Crippen LogP contribution >= 0.6 is 0 Å². The van der Waals surface area contributed by atoms with Gasteiger partial charge in [0, 0.05) is 18.7 Å². The third-order valence-electron chi connectivity index (χ3n) is 4.77. The molecule has 2 N–H and O–H groups in total. The maximum Gasteiger partial charge on any atom is 0.326 e. The van der Waals surface area contributed by atoms with Crippen LogP contribution in [0.4, 0.5) is 0 Å². The van der Waals surface area contributed by atoms with Crippen LogP contribution in [0.2, 0.25) is 0 Å². The Hall–Kier alpha value is -1.93. The number of piperidine rings is 1. The molecule has 0 aromatic heterocycles. The van der Waals surface area contributed by atoms with E-state index >= 15 is 0 Å². The highest BCUT2D eigenvalue weighted by molar-refractivity contribution is 7.89. The Morgan fingerprint density at radius 2 is 1.74 bits per heavy atom. The lowest BCUT2D eigenvalue weighted by molar-refractivity contribution is -0.139. The molecular formula is C19H28N2O5S. The van der Waals surface area contributed by atoms with Gasteiger partial charge in [-0.15, -0.1) is 0 Å². The van der Waals surface area contributed by atoms with E-state index in [0.717, 1.165) is 6.42 Å². The van der Waals surface area contributed by atoms with Crippen LogP contribution < -0.4 is 5.32 Å². The van der Waals surface area contributed by atoms with E-state index in [1.54, 1.807) is 0 Å². The molecule has 1 amide bonds. The zero-order valence-electron chi connectivity index (χ0n) is 16.0. The third kappa shape index (κ3) is 5.29. The monoisotopic (exact) mass is 396 g/mol. The number of nitrogens with zero attached hydrogens (tertiary/aromatic N) is 1. The van der Waals surface area contributed by atoms with Crippen LogP contribution in [0.1, 0.15) is 50.4 Å². The Labute approximate surface area is 160 Å². The molecule has 3 atom stereocenters. The number of aliphatic carboxylic acids is 1. The Morgan fingerprint density at radius 1 is 1.19 bits per heavy atom. The molecule has 27 heavy (non-hydrogen) atoms. The van der Waals surface area contributed by atoms with Crippen LogP contribution in [0, 0.1) is 11.8 Å². The van der Waals surface area contributed by atoms with Crippen LogP contribution in [0.5, 0.6) is 0 Å². The number of carbonyl (C=O) groups is 2. The van der Waals surface area contributed by atoms with E-state index in [1.807, 2.05) is 20.8 Å². The van der Waals surface area contributed by atoms with Gasteiger partial charge in [-0.25, -0.2) is 13.2 Å². The first-order valence-electron chi connectivity index (χ1n) is 9.29. The summed E-state index contributed by atoms with van der Waals surface area (Å²) < 4.78 is 27.2. The lowest BCUT2D eigenvalue weighted by Crippen LogP contribution is -2.42. The van der Waals surface area contributed by atoms with Crippen LogP contribution in [0.15, 0.2) is 29.2 Å². The van der Waals surface area contributed by atoms with Gasteiger partial charge in [0.25, 0.3) is 5.91 Å². The fourth-order valence-corrected chi connectivity index (χ4v) is 5.20. The molecule has 150 valence electrons. The second-order valence-corrected chi connectivity index (χ2v) is 9.38. The number of sulfonamides is 1. The van der Waals surface area contributed by atoms with Crippen molar-refractivity contribution < 1.29 is 23.1 Å². The molecule has 8 heteroatoms. The van der Waals surface area contributed by atoms with E-state index in [1.165, 1.54) is 28.6 Å². The van der Waals surface area contributed by atoms with Gasteiger partial charge in [-0.05, 0) is 48.9 Å². The van der Waals surface area contributed by atoms with Crippen molar-refractivity contribution in [3.8, 4) is 0 Å². The number of rotatable bonds is 7. The summed E-state index contributed by atoms with van der Waals surface area (Å²) in [5.74, 6) is -1.00. The molecule has 1 saturated heterocycles. The van der Waals surface area contributed by atoms with Crippen molar-refractivity contribution in [2.75, 3.05) is 13.1 Å². The molecular weight excluding hydrogens is 368 g/mol. The largest absolute Gasteiger partial charge is 0.480 e. The zero-order chi connectivity index (χ0) is 20.2. The number of nitrogens with one attached hydrogen (secondary N) is 1. The minimum Gasteiger partial charge on any atom is -0.480 e. The summed E-state index contributed by atoms with van der Waals surface area (Å²) >= 11 is 0. The van der Waals surface area contributed by atoms with E-state index < -0.39 is 27.9 Å². The average molecular weight is 397 g/mol. The highest BCUT2D eigenvalue weighted by Crippen LogP contribution is 2.26. The highest BCUT2D eigenvalue weighted by atomic mass is 32.2. The summed E-state index contributed by atoms with van der Waals surface area (Å²) in [5, 5.41) is 11.6. The van der Waals surface area contributed by atoms with E-state index in [2.05, 4.69) is 5.32 Å². The van der Waals surface area contributed by atoms with Crippen LogP contribution in [0.25, 0.3) is 0 Å². The summed E-state index contributed by atoms with van der Waals surface area (Å²) in [5.41, 5.74) is 0.233. The van der Waals surface area contributed by atoms with E-state index in [4.69, 9.17) is 5.11 Å². The Bertz CT molecular complexity index is 766. The minimum atomic E-state index is -3.61. The summed E-state index contributed by atoms with van der Waals surface area (Å²) in [7, 11) is -3.61. The molecule has 7 nitrogen and oxygen atoms in total. The van der Waals surface area contributed by atoms with Crippen molar-refractivity contribution in [1.82, 2.24) is 9.62 Å². The van der Waals surface area contributed by atoms with Gasteiger partial charge in [0.15, 0.2) is 0 Å². The van der Waals surface area contributed by atoms with Gasteiger partial charge in [0.2, 0.25) is 10.0 Å². The third-order valence-corrected chi connectivity index (χ3v) is 6.62. The van der Waals surface area contributed by atoms with Crippen molar-refractivity contribution in [3.63, 3.8) is 0 Å². The number of carbonyl (C=O) groups excluding carboxylic acids is 1. The number of carboxylic acid groups (broad SMARTS) is 1. The van der Waals surface area contributed by atoms with Crippen molar-refractivity contribution in [3.05, 3.63) is 29.8 Å². The van der Waals surface area contributed by atoms with Crippen LogP contribution in [-0.2, 0) is 14.8 Å². The quantitative estimate of drug-likeness (QED) is 0.736. The number of carboxylic acids is 1. The molecule has 0 aliphatic carbocycles. The standard InChI is InChI=1S/C19H28N2O5S/c1-4-5-17(19(23)24)20-18(22)15-6-8-16(9-7-15)27(25,26)21-11-13(2)10-14(3)12-21/h6-9,13-14,17H,4-5,10-12H2,1-3H3,(H,20,22)(H,23,24). The Balaban J connectivity index is 2.14. The predicted molar refractivity (Wildman–Crippen MR) is 102 cm³/mol. The smallest absolute Gasteiger partial charge is 0.326 e. The van der Waals surface area contributed by atoms with E-state index in [-0.39, 0.29) is 10.5 Å². The normalized spacial score (nSPS) is 22.2. The number of amides is 1. The molecule has 1 fully saturated rings. The molecule has 0 spiro atoms. The van der Waals surface area contributed by atoms with Gasteiger partial charge in [-0.3, -0.25) is 4.79 Å². The molecule has 1 aliphatic rings. The van der Waals surface area contributed by atoms with Crippen molar-refractivity contribution in [2.45, 2.75) is 51.0 Å². The first kappa shape index (κ1) is 21.4. The molecule has 0 saturated carbocycles. The summed E-state index contributed by atoms with van der Waals surface area (Å²) in [6, 6.07) is 4.70. The van der Waals surface area contributed by atoms with Gasteiger partial charge in [0.05, 0.1) is 4.90 Å². The van der Waals surface area contributed by atoms with E-state index in [0.29, 0.717) is 37.8 Å². The minimum absolute atomic E-state index is 0.142. The SMILES string of the molecule is CCCC(NC(=O)c1ccc(S(=O)(=O)N2CC(C)CC(C)C2)cc1)C(=O)O. The summed E-state index contributed by atoms with van der Waals surface area (Å²) in [6.45, 7) is 6.91. The van der Waals surface area contributed by atoms with E-state index in [9.17, 15) is 18.0 Å². The molecule has 3 unspecified atom stereocenters. The van der Waals surface area contributed by atoms with Gasteiger partial charge in [-0.2, -0.15) is 4.31 Å². The van der Waals surface area contributed by atoms with Gasteiger partial charge < -0.3 is 10.4 Å². The highest BCUT2D eigenvalue weighted by Gasteiger charge is 2.31. The van der Waals surface area contributed by atoms with Gasteiger partial charge >= 0.3 is 5.97 Å². The predicted octanol–water partition coefficient (Wildman–Crippen LogP) is 2.34. The summed E-state index contributed by atoms with van der Waals surface area (Å²) in [6.07, 6.45) is 1.97. The molecule has 0 radical (unpaired) electrons. The maximum atomic E-state index is 12.9. The summed E-state index contributed by atoms with van der Waals surface area (Å²) in [4.78, 5) is 23.6. The first-order chi connectivity index (χ1) is 12.6. The van der Waals surface area contributed by atoms with Gasteiger partial charge in [0.1, 0.15) is 6.04 Å². The molecule has 0 bridgehead atoms. The lowest BCUT2D eigenvalue weighted by Gasteiger charge is -2.34. The molecule has 1 aromatic rings. The number of benzene rings is 1. The molecule has 1 aliphatic heterocycles. The molecule has 1 aromatic carbocycles. The lowest BCUT2D eigenvalue weighted by atomic mass is 9.94. The van der Waals surface area contributed by atoms with Gasteiger partial charge in [-0.1, -0.05) is 27.2 Å². The Kier molecular flexibility index (Phi) is 7.00. The fraction of sp³-hybridized carbons (Fsp3) is 0.579. The topological polar surface area (TPSA) is 104 Å². The number of hydrogen-bond donors (Lipinski definition) is 2. The second kappa shape index (κ2) is 8.84.